The molecule has 3 aromatic rings. The van der Waals surface area contributed by atoms with Crippen molar-refractivity contribution < 1.29 is 18.7 Å². The molecule has 0 atom stereocenters. The zero-order valence-electron chi connectivity index (χ0n) is 17.7. The minimum Gasteiger partial charge on any atom is -0.493 e. The molecular weight excluding hydrogens is 398 g/mol. The summed E-state index contributed by atoms with van der Waals surface area (Å²) < 4.78 is 16.1. The summed E-state index contributed by atoms with van der Waals surface area (Å²) >= 11 is 0. The molecule has 0 saturated carbocycles. The molecule has 1 aliphatic rings. The lowest BCUT2D eigenvalue weighted by atomic mass is 10.0. The van der Waals surface area contributed by atoms with Crippen LogP contribution in [0.5, 0.6) is 11.5 Å². The standard InChI is InChI=1S/C22H25N5O4/c1-29-19-11-10-16(13-20(19)30-2)22-23-25-27(24-22)15-21(28)26(14-18-9-6-12-31-18)17-7-4-3-5-8-17/h6-7,9-13H,3-5,8,14-15H2,1-2H3. The second-order valence-corrected chi connectivity index (χ2v) is 7.21. The van der Waals surface area contributed by atoms with Gasteiger partial charge in [-0.2, -0.15) is 4.80 Å². The molecule has 0 radical (unpaired) electrons. The van der Waals surface area contributed by atoms with Crippen molar-refractivity contribution in [2.45, 2.75) is 38.8 Å². The van der Waals surface area contributed by atoms with Crippen LogP contribution in [-0.4, -0.2) is 45.2 Å². The van der Waals surface area contributed by atoms with Crippen molar-refractivity contribution in [3.63, 3.8) is 0 Å². The fraction of sp³-hybridized carbons (Fsp3) is 0.364. The largest absolute Gasteiger partial charge is 0.493 e. The predicted octanol–water partition coefficient (Wildman–Crippen LogP) is 3.44. The topological polar surface area (TPSA) is 95.5 Å². The van der Waals surface area contributed by atoms with Crippen molar-refractivity contribution in [1.29, 1.82) is 0 Å². The van der Waals surface area contributed by atoms with E-state index in [0.29, 0.717) is 23.9 Å². The van der Waals surface area contributed by atoms with Gasteiger partial charge in [-0.25, -0.2) is 0 Å². The number of tetrazole rings is 1. The molecule has 162 valence electrons. The Labute approximate surface area is 180 Å². The van der Waals surface area contributed by atoms with Gasteiger partial charge < -0.3 is 18.8 Å². The highest BCUT2D eigenvalue weighted by atomic mass is 16.5. The zero-order chi connectivity index (χ0) is 21.6. The van der Waals surface area contributed by atoms with Gasteiger partial charge in [0.1, 0.15) is 12.3 Å². The molecule has 9 nitrogen and oxygen atoms in total. The third-order valence-corrected chi connectivity index (χ3v) is 5.18. The van der Waals surface area contributed by atoms with Gasteiger partial charge in [0, 0.05) is 11.3 Å². The van der Waals surface area contributed by atoms with E-state index in [0.717, 1.165) is 42.7 Å². The Morgan fingerprint density at radius 3 is 2.77 bits per heavy atom. The molecular formula is C22H25N5O4. The molecule has 0 fully saturated rings. The molecule has 1 amide bonds. The number of ether oxygens (including phenoxy) is 2. The van der Waals surface area contributed by atoms with Crippen LogP contribution in [0.15, 0.2) is 52.8 Å². The molecule has 1 aromatic carbocycles. The third-order valence-electron chi connectivity index (χ3n) is 5.18. The number of carbonyl (C=O) groups excluding carboxylic acids is 1. The van der Waals surface area contributed by atoms with E-state index in [1.807, 2.05) is 18.2 Å². The number of hydrogen-bond acceptors (Lipinski definition) is 7. The highest BCUT2D eigenvalue weighted by Crippen LogP contribution is 2.30. The summed E-state index contributed by atoms with van der Waals surface area (Å²) in [7, 11) is 3.14. The molecule has 2 aromatic heterocycles. The first-order valence-corrected chi connectivity index (χ1v) is 10.2. The number of allylic oxidation sites excluding steroid dienone is 2. The second kappa shape index (κ2) is 9.46. The Morgan fingerprint density at radius 1 is 1.19 bits per heavy atom. The lowest BCUT2D eigenvalue weighted by Crippen LogP contribution is -2.34. The van der Waals surface area contributed by atoms with Crippen LogP contribution in [0.25, 0.3) is 11.4 Å². The molecule has 0 bridgehead atoms. The molecule has 0 saturated heterocycles. The molecule has 4 rings (SSSR count). The summed E-state index contributed by atoms with van der Waals surface area (Å²) in [6.07, 6.45) is 7.80. The van der Waals surface area contributed by atoms with Crippen LogP contribution in [0.2, 0.25) is 0 Å². The van der Waals surface area contributed by atoms with Gasteiger partial charge >= 0.3 is 0 Å². The summed E-state index contributed by atoms with van der Waals surface area (Å²) in [6.45, 7) is 0.368. The first-order valence-electron chi connectivity index (χ1n) is 10.2. The van der Waals surface area contributed by atoms with Crippen LogP contribution < -0.4 is 9.47 Å². The summed E-state index contributed by atoms with van der Waals surface area (Å²) in [5.74, 6) is 2.21. The molecule has 9 heteroatoms. The van der Waals surface area contributed by atoms with Crippen LogP contribution in [-0.2, 0) is 17.9 Å². The maximum absolute atomic E-state index is 13.1. The number of benzene rings is 1. The van der Waals surface area contributed by atoms with Crippen molar-refractivity contribution in [2.75, 3.05) is 14.2 Å². The van der Waals surface area contributed by atoms with Gasteiger partial charge in [-0.1, -0.05) is 6.08 Å². The van der Waals surface area contributed by atoms with Gasteiger partial charge in [-0.05, 0) is 61.2 Å². The Balaban J connectivity index is 1.52. The van der Waals surface area contributed by atoms with Crippen molar-refractivity contribution >= 4 is 5.91 Å². The number of methoxy groups -OCH3 is 2. The van der Waals surface area contributed by atoms with E-state index in [1.165, 1.54) is 4.80 Å². The van der Waals surface area contributed by atoms with E-state index in [1.54, 1.807) is 37.5 Å². The molecule has 31 heavy (non-hydrogen) atoms. The minimum atomic E-state index is -0.110. The van der Waals surface area contributed by atoms with Crippen molar-refractivity contribution in [3.8, 4) is 22.9 Å². The zero-order valence-corrected chi connectivity index (χ0v) is 17.7. The highest BCUT2D eigenvalue weighted by molar-refractivity contribution is 5.77. The number of carbonyl (C=O) groups is 1. The van der Waals surface area contributed by atoms with Crippen molar-refractivity contribution in [3.05, 3.63) is 54.1 Å². The first kappa shape index (κ1) is 20.6. The Kier molecular flexibility index (Phi) is 6.30. The van der Waals surface area contributed by atoms with Gasteiger partial charge in [-0.15, -0.1) is 10.2 Å². The maximum atomic E-state index is 13.1. The Hall–Kier alpha value is -3.62. The summed E-state index contributed by atoms with van der Waals surface area (Å²) in [5, 5.41) is 12.6. The fourth-order valence-corrected chi connectivity index (χ4v) is 3.58. The molecule has 0 N–H and O–H groups in total. The molecule has 1 aliphatic carbocycles. The summed E-state index contributed by atoms with van der Waals surface area (Å²) in [6, 6.07) is 9.06. The number of nitrogens with zero attached hydrogens (tertiary/aromatic N) is 5. The fourth-order valence-electron chi connectivity index (χ4n) is 3.58. The Morgan fingerprint density at radius 2 is 2.06 bits per heavy atom. The average Bonchev–Trinajstić information content (AvgIpc) is 3.49. The van der Waals surface area contributed by atoms with Crippen LogP contribution in [0, 0.1) is 0 Å². The number of rotatable bonds is 8. The maximum Gasteiger partial charge on any atom is 0.250 e. The number of furan rings is 1. The van der Waals surface area contributed by atoms with E-state index >= 15 is 0 Å². The van der Waals surface area contributed by atoms with E-state index in [-0.39, 0.29) is 12.5 Å². The quantitative estimate of drug-likeness (QED) is 0.548. The number of aromatic nitrogens is 4. The van der Waals surface area contributed by atoms with Gasteiger partial charge in [0.25, 0.3) is 5.91 Å². The van der Waals surface area contributed by atoms with E-state index < -0.39 is 0 Å². The smallest absolute Gasteiger partial charge is 0.250 e. The lowest BCUT2D eigenvalue weighted by molar-refractivity contribution is -0.131. The van der Waals surface area contributed by atoms with Crippen LogP contribution >= 0.6 is 0 Å². The number of amides is 1. The van der Waals surface area contributed by atoms with Crippen molar-refractivity contribution in [2.24, 2.45) is 0 Å². The second-order valence-electron chi connectivity index (χ2n) is 7.21. The minimum absolute atomic E-state index is 0.0155. The van der Waals surface area contributed by atoms with Crippen LogP contribution in [0.3, 0.4) is 0 Å². The van der Waals surface area contributed by atoms with E-state index in [2.05, 4.69) is 21.5 Å². The number of hydrogen-bond donors (Lipinski definition) is 0. The Bertz CT molecular complexity index is 1060. The normalized spacial score (nSPS) is 13.5. The van der Waals surface area contributed by atoms with Gasteiger partial charge in [0.05, 0.1) is 27.0 Å². The monoisotopic (exact) mass is 423 g/mol. The first-order chi connectivity index (χ1) is 15.2. The van der Waals surface area contributed by atoms with Crippen LogP contribution in [0.4, 0.5) is 0 Å². The molecule has 2 heterocycles. The highest BCUT2D eigenvalue weighted by Gasteiger charge is 2.22. The van der Waals surface area contributed by atoms with Crippen molar-refractivity contribution in [1.82, 2.24) is 25.1 Å². The summed E-state index contributed by atoms with van der Waals surface area (Å²) in [5.41, 5.74) is 1.74. The van der Waals surface area contributed by atoms with Gasteiger partial charge in [0.2, 0.25) is 5.82 Å². The average molecular weight is 423 g/mol. The predicted molar refractivity (Wildman–Crippen MR) is 112 cm³/mol. The SMILES string of the molecule is COc1ccc(-c2nnn(CC(=O)N(Cc3ccco3)C3=CCCCC3)n2)cc1OC. The third kappa shape index (κ3) is 4.76. The van der Waals surface area contributed by atoms with Gasteiger partial charge in [0.15, 0.2) is 11.5 Å². The van der Waals surface area contributed by atoms with Gasteiger partial charge in [-0.3, -0.25) is 4.79 Å². The van der Waals surface area contributed by atoms with E-state index in [4.69, 9.17) is 13.9 Å². The van der Waals surface area contributed by atoms with Crippen LogP contribution in [0.1, 0.15) is 31.4 Å². The molecule has 0 aliphatic heterocycles. The molecule has 0 spiro atoms. The summed E-state index contributed by atoms with van der Waals surface area (Å²) in [4.78, 5) is 16.2. The molecule has 0 unspecified atom stereocenters. The van der Waals surface area contributed by atoms with E-state index in [9.17, 15) is 4.79 Å². The lowest BCUT2D eigenvalue weighted by Gasteiger charge is -2.26.